The van der Waals surface area contributed by atoms with Crippen LogP contribution < -0.4 is 5.73 Å². The minimum atomic E-state index is -0.511. The van der Waals surface area contributed by atoms with Crippen molar-refractivity contribution in [1.29, 1.82) is 0 Å². The number of aryl methyl sites for hydroxylation is 2. The lowest BCUT2D eigenvalue weighted by Crippen LogP contribution is -2.10. The molecule has 2 rings (SSSR count). The van der Waals surface area contributed by atoms with Crippen LogP contribution in [0.25, 0.3) is 0 Å². The van der Waals surface area contributed by atoms with Gasteiger partial charge in [0.1, 0.15) is 11.6 Å². The van der Waals surface area contributed by atoms with E-state index in [0.717, 1.165) is 5.56 Å². The Balaban J connectivity index is 2.55. The van der Waals surface area contributed by atoms with Crippen LogP contribution in [0.4, 0.5) is 10.2 Å². The van der Waals surface area contributed by atoms with Crippen LogP contribution in [-0.4, -0.2) is 10.8 Å². The van der Waals surface area contributed by atoms with Gasteiger partial charge in [-0.25, -0.2) is 9.37 Å². The molecule has 0 fully saturated rings. The first-order chi connectivity index (χ1) is 8.50. The highest BCUT2D eigenvalue weighted by atomic mass is 19.1. The van der Waals surface area contributed by atoms with Crippen LogP contribution in [0.2, 0.25) is 0 Å². The summed E-state index contributed by atoms with van der Waals surface area (Å²) in [6.45, 7) is 3.42. The van der Waals surface area contributed by atoms with Crippen LogP contribution in [0.5, 0.6) is 0 Å². The Hall–Kier alpha value is -2.23. The Bertz CT molecular complexity index is 619. The lowest BCUT2D eigenvalue weighted by molar-refractivity contribution is 0.103. The number of hydrogen-bond donors (Lipinski definition) is 1. The van der Waals surface area contributed by atoms with Crippen LogP contribution in [0.1, 0.15) is 27.0 Å². The Morgan fingerprint density at radius 1 is 1.28 bits per heavy atom. The number of nitrogen functional groups attached to an aromatic ring is 1. The molecule has 92 valence electrons. The highest BCUT2D eigenvalue weighted by molar-refractivity contribution is 6.11. The number of pyridine rings is 1. The van der Waals surface area contributed by atoms with Gasteiger partial charge in [-0.3, -0.25) is 4.79 Å². The molecule has 0 aliphatic rings. The zero-order chi connectivity index (χ0) is 13.3. The van der Waals surface area contributed by atoms with E-state index in [1.54, 1.807) is 38.2 Å². The van der Waals surface area contributed by atoms with Gasteiger partial charge in [0.05, 0.1) is 11.1 Å². The van der Waals surface area contributed by atoms with Gasteiger partial charge in [-0.15, -0.1) is 0 Å². The molecule has 4 heteroatoms. The monoisotopic (exact) mass is 244 g/mol. The first-order valence-corrected chi connectivity index (χ1v) is 5.52. The number of hydrogen-bond acceptors (Lipinski definition) is 3. The summed E-state index contributed by atoms with van der Waals surface area (Å²) in [5, 5.41) is 0. The second-order valence-corrected chi connectivity index (χ2v) is 4.21. The van der Waals surface area contributed by atoms with E-state index in [4.69, 9.17) is 5.73 Å². The number of carbonyl (C=O) groups is 1. The Kier molecular flexibility index (Phi) is 3.10. The van der Waals surface area contributed by atoms with E-state index in [1.807, 2.05) is 0 Å². The summed E-state index contributed by atoms with van der Waals surface area (Å²) in [7, 11) is 0. The van der Waals surface area contributed by atoms with Gasteiger partial charge in [0.15, 0.2) is 5.78 Å². The van der Waals surface area contributed by atoms with E-state index in [-0.39, 0.29) is 16.9 Å². The maximum atomic E-state index is 13.9. The summed E-state index contributed by atoms with van der Waals surface area (Å²) < 4.78 is 13.9. The quantitative estimate of drug-likeness (QED) is 0.826. The molecule has 3 nitrogen and oxygen atoms in total. The van der Waals surface area contributed by atoms with Crippen molar-refractivity contribution in [3.05, 3.63) is 58.5 Å². The molecule has 1 heterocycles. The fraction of sp³-hybridized carbons (Fsp3) is 0.143. The average Bonchev–Trinajstić information content (AvgIpc) is 2.35. The molecule has 2 N–H and O–H groups in total. The molecule has 0 bridgehead atoms. The molecule has 2 aromatic rings. The van der Waals surface area contributed by atoms with E-state index < -0.39 is 11.6 Å². The van der Waals surface area contributed by atoms with Crippen molar-refractivity contribution in [2.45, 2.75) is 13.8 Å². The largest absolute Gasteiger partial charge is 0.383 e. The molecule has 1 aromatic carbocycles. The Morgan fingerprint density at radius 2 is 2.00 bits per heavy atom. The summed E-state index contributed by atoms with van der Waals surface area (Å²) in [6.07, 6.45) is 1.57. The fourth-order valence-corrected chi connectivity index (χ4v) is 1.73. The van der Waals surface area contributed by atoms with E-state index >= 15 is 0 Å². The van der Waals surface area contributed by atoms with E-state index in [9.17, 15) is 9.18 Å². The van der Waals surface area contributed by atoms with E-state index in [1.165, 1.54) is 6.07 Å². The third kappa shape index (κ3) is 2.09. The van der Waals surface area contributed by atoms with Gasteiger partial charge >= 0.3 is 0 Å². The SMILES string of the molecule is Cc1cnc(N)c(C(=O)c2cccc(C)c2F)c1. The van der Waals surface area contributed by atoms with Gasteiger partial charge < -0.3 is 5.73 Å². The van der Waals surface area contributed by atoms with Crippen molar-refractivity contribution in [2.75, 3.05) is 5.73 Å². The molecule has 0 aliphatic heterocycles. The van der Waals surface area contributed by atoms with Crippen LogP contribution in [0.3, 0.4) is 0 Å². The predicted molar refractivity (Wildman–Crippen MR) is 68.0 cm³/mol. The number of anilines is 1. The molecule has 0 saturated carbocycles. The van der Waals surface area contributed by atoms with Crippen LogP contribution in [0, 0.1) is 19.7 Å². The van der Waals surface area contributed by atoms with Gasteiger partial charge in [0, 0.05) is 6.20 Å². The molecular weight excluding hydrogens is 231 g/mol. The van der Waals surface area contributed by atoms with Crippen LogP contribution >= 0.6 is 0 Å². The number of halogens is 1. The Labute approximate surface area is 104 Å². The lowest BCUT2D eigenvalue weighted by atomic mass is 10.0. The van der Waals surface area contributed by atoms with Crippen LogP contribution in [-0.2, 0) is 0 Å². The van der Waals surface area contributed by atoms with Crippen molar-refractivity contribution < 1.29 is 9.18 Å². The standard InChI is InChI=1S/C14H13FN2O/c1-8-6-11(14(16)17-7-8)13(18)10-5-3-4-9(2)12(10)15/h3-7H,1-2H3,(H2,16,17). The molecular formula is C14H13FN2O. The summed E-state index contributed by atoms with van der Waals surface area (Å²) in [5.41, 5.74) is 7.16. The number of nitrogens with zero attached hydrogens (tertiary/aromatic N) is 1. The van der Waals surface area contributed by atoms with E-state index in [0.29, 0.717) is 5.56 Å². The number of benzene rings is 1. The summed E-state index contributed by atoms with van der Waals surface area (Å²) in [5.74, 6) is -0.834. The van der Waals surface area contributed by atoms with E-state index in [2.05, 4.69) is 4.98 Å². The molecule has 18 heavy (non-hydrogen) atoms. The summed E-state index contributed by atoms with van der Waals surface area (Å²) in [4.78, 5) is 16.1. The van der Waals surface area contributed by atoms with Gasteiger partial charge in [-0.1, -0.05) is 12.1 Å². The topological polar surface area (TPSA) is 56.0 Å². The van der Waals surface area contributed by atoms with Crippen LogP contribution in [0.15, 0.2) is 30.5 Å². The normalized spacial score (nSPS) is 10.4. The van der Waals surface area contributed by atoms with Gasteiger partial charge in [-0.05, 0) is 37.1 Å². The third-order valence-electron chi connectivity index (χ3n) is 2.74. The molecule has 0 unspecified atom stereocenters. The molecule has 0 radical (unpaired) electrons. The second-order valence-electron chi connectivity index (χ2n) is 4.21. The zero-order valence-corrected chi connectivity index (χ0v) is 10.2. The number of nitrogens with two attached hydrogens (primary N) is 1. The van der Waals surface area contributed by atoms with Crippen molar-refractivity contribution in [3.8, 4) is 0 Å². The highest BCUT2D eigenvalue weighted by Gasteiger charge is 2.18. The average molecular weight is 244 g/mol. The summed E-state index contributed by atoms with van der Waals surface area (Å²) in [6, 6.07) is 6.33. The lowest BCUT2D eigenvalue weighted by Gasteiger charge is -2.07. The molecule has 0 atom stereocenters. The number of aromatic nitrogens is 1. The first kappa shape index (κ1) is 12.2. The van der Waals surface area contributed by atoms with Crippen molar-refractivity contribution >= 4 is 11.6 Å². The van der Waals surface area contributed by atoms with Gasteiger partial charge in [-0.2, -0.15) is 0 Å². The zero-order valence-electron chi connectivity index (χ0n) is 10.2. The molecule has 1 aromatic heterocycles. The fourth-order valence-electron chi connectivity index (χ4n) is 1.73. The second kappa shape index (κ2) is 4.56. The Morgan fingerprint density at radius 3 is 2.72 bits per heavy atom. The number of ketones is 1. The third-order valence-corrected chi connectivity index (χ3v) is 2.74. The molecule has 0 amide bonds. The first-order valence-electron chi connectivity index (χ1n) is 5.52. The van der Waals surface area contributed by atoms with Crippen molar-refractivity contribution in [1.82, 2.24) is 4.98 Å². The molecule has 0 aliphatic carbocycles. The minimum Gasteiger partial charge on any atom is -0.383 e. The number of carbonyl (C=O) groups excluding carboxylic acids is 1. The maximum absolute atomic E-state index is 13.9. The van der Waals surface area contributed by atoms with Crippen molar-refractivity contribution in [3.63, 3.8) is 0 Å². The number of rotatable bonds is 2. The smallest absolute Gasteiger partial charge is 0.199 e. The van der Waals surface area contributed by atoms with Gasteiger partial charge in [0.25, 0.3) is 0 Å². The molecule has 0 spiro atoms. The molecule has 0 saturated heterocycles. The highest BCUT2D eigenvalue weighted by Crippen LogP contribution is 2.19. The maximum Gasteiger partial charge on any atom is 0.199 e. The predicted octanol–water partition coefficient (Wildman–Crippen LogP) is 2.65. The van der Waals surface area contributed by atoms with Crippen molar-refractivity contribution in [2.24, 2.45) is 0 Å². The van der Waals surface area contributed by atoms with Gasteiger partial charge in [0.2, 0.25) is 0 Å². The summed E-state index contributed by atoms with van der Waals surface area (Å²) >= 11 is 0. The minimum absolute atomic E-state index is 0.0223.